The molecular formula is C40H49N6O6P. The molecule has 0 saturated carbocycles. The predicted molar refractivity (Wildman–Crippen MR) is 206 cm³/mol. The summed E-state index contributed by atoms with van der Waals surface area (Å²) in [6, 6.07) is 21.5. The molecule has 2 saturated heterocycles. The van der Waals surface area contributed by atoms with Crippen molar-refractivity contribution in [2.45, 2.75) is 57.7 Å². The van der Waals surface area contributed by atoms with Crippen LogP contribution in [0.5, 0.6) is 5.75 Å². The Morgan fingerprint density at radius 3 is 2.45 bits per heavy atom. The van der Waals surface area contributed by atoms with Crippen molar-refractivity contribution >= 4 is 36.0 Å². The third kappa shape index (κ3) is 8.41. The second-order valence-electron chi connectivity index (χ2n) is 14.1. The van der Waals surface area contributed by atoms with E-state index in [-0.39, 0.29) is 43.8 Å². The Bertz CT molecular complexity index is 2010. The summed E-state index contributed by atoms with van der Waals surface area (Å²) in [5.41, 5.74) is 4.23. The van der Waals surface area contributed by atoms with Gasteiger partial charge in [0.15, 0.2) is 5.78 Å². The van der Waals surface area contributed by atoms with Crippen LogP contribution in [0.3, 0.4) is 0 Å². The molecule has 280 valence electrons. The molecule has 12 nitrogen and oxygen atoms in total. The summed E-state index contributed by atoms with van der Waals surface area (Å²) in [4.78, 5) is 44.9. The molecule has 53 heavy (non-hydrogen) atoms. The van der Waals surface area contributed by atoms with Crippen LogP contribution in [-0.4, -0.2) is 98.6 Å². The first-order valence-corrected chi connectivity index (χ1v) is 20.5. The number of para-hydroxylation sites is 1. The summed E-state index contributed by atoms with van der Waals surface area (Å²) < 4.78 is 19.9. The van der Waals surface area contributed by atoms with Crippen LogP contribution in [0.2, 0.25) is 0 Å². The van der Waals surface area contributed by atoms with Crippen molar-refractivity contribution in [3.8, 4) is 5.75 Å². The fourth-order valence-electron chi connectivity index (χ4n) is 7.51. The van der Waals surface area contributed by atoms with Crippen LogP contribution in [0.15, 0.2) is 91.6 Å². The Morgan fingerprint density at radius 1 is 1.04 bits per heavy atom. The van der Waals surface area contributed by atoms with Gasteiger partial charge in [0.25, 0.3) is 0 Å². The van der Waals surface area contributed by atoms with Gasteiger partial charge in [-0.2, -0.15) is 0 Å². The quantitative estimate of drug-likeness (QED) is 0.103. The van der Waals surface area contributed by atoms with E-state index in [0.717, 1.165) is 34.0 Å². The molecule has 3 heterocycles. The second kappa shape index (κ2) is 16.1. The number of piperazine rings is 1. The molecule has 0 aliphatic carbocycles. The number of aromatic nitrogens is 1. The van der Waals surface area contributed by atoms with Gasteiger partial charge in [0, 0.05) is 70.1 Å². The molecule has 0 spiro atoms. The Labute approximate surface area is 311 Å². The van der Waals surface area contributed by atoms with E-state index >= 15 is 0 Å². The molecule has 13 heteroatoms. The van der Waals surface area contributed by atoms with Gasteiger partial charge in [0.2, 0.25) is 13.3 Å². The van der Waals surface area contributed by atoms with Gasteiger partial charge in [-0.15, -0.1) is 6.58 Å². The highest BCUT2D eigenvalue weighted by Gasteiger charge is 2.51. The van der Waals surface area contributed by atoms with Crippen molar-refractivity contribution < 1.29 is 28.6 Å². The van der Waals surface area contributed by atoms with Crippen LogP contribution in [0, 0.1) is 0 Å². The molecule has 2 N–H and O–H groups in total. The minimum Gasteiger partial charge on any atom is -0.443 e. The molecule has 3 unspecified atom stereocenters. The normalized spacial score (nSPS) is 19.6. The van der Waals surface area contributed by atoms with Gasteiger partial charge < -0.3 is 24.4 Å². The number of benzene rings is 3. The summed E-state index contributed by atoms with van der Waals surface area (Å²) in [6.07, 6.45) is 3.15. The molecule has 3 amide bonds. The molecule has 6 rings (SSSR count). The van der Waals surface area contributed by atoms with Crippen LogP contribution in [0.4, 0.5) is 4.79 Å². The first-order chi connectivity index (χ1) is 25.4. The van der Waals surface area contributed by atoms with E-state index in [9.17, 15) is 24.1 Å². The fourth-order valence-corrected chi connectivity index (χ4v) is 8.14. The van der Waals surface area contributed by atoms with Crippen LogP contribution < -0.4 is 9.84 Å². The first-order valence-electron chi connectivity index (χ1n) is 18.0. The summed E-state index contributed by atoms with van der Waals surface area (Å²) >= 11 is 0. The Balaban J connectivity index is 1.38. The van der Waals surface area contributed by atoms with Crippen LogP contribution in [0.1, 0.15) is 46.8 Å². The Kier molecular flexibility index (Phi) is 11.5. The van der Waals surface area contributed by atoms with Crippen LogP contribution >= 0.6 is 7.37 Å². The highest BCUT2D eigenvalue weighted by Crippen LogP contribution is 2.39. The third-order valence-electron chi connectivity index (χ3n) is 9.75. The Morgan fingerprint density at radius 2 is 1.77 bits per heavy atom. The average molecular weight is 741 g/mol. The number of hydrogen-bond acceptors (Lipinski definition) is 8. The lowest BCUT2D eigenvalue weighted by Gasteiger charge is -2.57. The number of aliphatic hydroxyl groups excluding tert-OH is 1. The molecular weight excluding hydrogens is 691 g/mol. The molecule has 2 aliphatic rings. The molecule has 3 aromatic carbocycles. The lowest BCUT2D eigenvalue weighted by molar-refractivity contribution is -0.210. The van der Waals surface area contributed by atoms with Gasteiger partial charge in [-0.25, -0.2) is 14.8 Å². The maximum Gasteiger partial charge on any atom is 0.334 e. The van der Waals surface area contributed by atoms with Gasteiger partial charge in [0.05, 0.1) is 18.1 Å². The number of carbonyl (C=O) groups excluding carboxylic acids is 3. The maximum absolute atomic E-state index is 14.2. The molecule has 2 aliphatic heterocycles. The summed E-state index contributed by atoms with van der Waals surface area (Å²) in [6.45, 7) is 9.91. The summed E-state index contributed by atoms with van der Waals surface area (Å²) in [5.74, 6) is 0.337. The van der Waals surface area contributed by atoms with Crippen molar-refractivity contribution in [1.82, 2.24) is 29.7 Å². The van der Waals surface area contributed by atoms with E-state index in [1.807, 2.05) is 90.3 Å². The standard InChI is InChI=1S/C40H49N6O6P/c1-6-12-35(47)33-25-42(3)38-30(15-11-16-32(33)38)24-43-26-36-45(34(39(43)49)22-28-17-19-31(20-18-28)52-53(4,5)51)37(48)27-44(21-7-2)46(36)40(50)41-23-29-13-9-8-10-14-29/h7-11,13-20,25,34,36,39,49H,2,6,12,21-24,26-27H2,1,3-5H3,(H,41,50). The minimum atomic E-state index is -2.77. The number of rotatable bonds is 13. The van der Waals surface area contributed by atoms with E-state index in [1.54, 1.807) is 46.5 Å². The lowest BCUT2D eigenvalue weighted by atomic mass is 9.97. The molecule has 2 fully saturated rings. The van der Waals surface area contributed by atoms with Crippen molar-refractivity contribution in [3.05, 3.63) is 114 Å². The number of ketones is 1. The average Bonchev–Trinajstić information content (AvgIpc) is 3.47. The van der Waals surface area contributed by atoms with E-state index in [0.29, 0.717) is 30.8 Å². The summed E-state index contributed by atoms with van der Waals surface area (Å²) in [5, 5.41) is 19.4. The fraction of sp³-hybridized carbons (Fsp3) is 0.375. The Hall–Kier alpha value is -4.74. The highest BCUT2D eigenvalue weighted by molar-refractivity contribution is 7.57. The predicted octanol–water partition coefficient (Wildman–Crippen LogP) is 5.61. The number of carbonyl (C=O) groups is 3. The maximum atomic E-state index is 14.2. The first kappa shape index (κ1) is 38.0. The number of hydrazine groups is 1. The molecule has 3 atom stereocenters. The van der Waals surface area contributed by atoms with Gasteiger partial charge in [-0.1, -0.05) is 73.7 Å². The number of hydrogen-bond donors (Lipinski definition) is 2. The molecule has 1 aromatic heterocycles. The van der Waals surface area contributed by atoms with Crippen LogP contribution in [0.25, 0.3) is 10.9 Å². The van der Waals surface area contributed by atoms with Crippen molar-refractivity contribution in [2.24, 2.45) is 7.05 Å². The number of urea groups is 1. The molecule has 4 aromatic rings. The van der Waals surface area contributed by atoms with E-state index in [4.69, 9.17) is 4.52 Å². The second-order valence-corrected chi connectivity index (χ2v) is 16.8. The zero-order chi connectivity index (χ0) is 37.9. The number of fused-ring (bicyclic) bond motifs is 2. The zero-order valence-corrected chi connectivity index (χ0v) is 31.7. The number of Topliss-reactive ketones (excluding diaryl/α,β-unsaturated/α-hetero) is 1. The number of nitrogens with zero attached hydrogens (tertiary/aromatic N) is 5. The molecule has 0 radical (unpaired) electrons. The van der Waals surface area contributed by atoms with Crippen LogP contribution in [-0.2, 0) is 35.9 Å². The molecule has 0 bridgehead atoms. The van der Waals surface area contributed by atoms with E-state index in [1.165, 1.54) is 0 Å². The van der Waals surface area contributed by atoms with Gasteiger partial charge in [0.1, 0.15) is 18.1 Å². The van der Waals surface area contributed by atoms with Crippen molar-refractivity contribution in [2.75, 3.05) is 33.0 Å². The van der Waals surface area contributed by atoms with Crippen molar-refractivity contribution in [1.29, 1.82) is 0 Å². The smallest absolute Gasteiger partial charge is 0.334 e. The number of aryl methyl sites for hydroxylation is 1. The highest BCUT2D eigenvalue weighted by atomic mass is 31.2. The van der Waals surface area contributed by atoms with Gasteiger partial charge >= 0.3 is 6.03 Å². The van der Waals surface area contributed by atoms with Gasteiger partial charge in [-0.05, 0) is 41.7 Å². The zero-order valence-electron chi connectivity index (χ0n) is 30.9. The topological polar surface area (TPSA) is 128 Å². The monoisotopic (exact) mass is 740 g/mol. The third-order valence-corrected chi connectivity index (χ3v) is 10.4. The number of amides is 3. The number of nitrogens with one attached hydrogen (secondary N) is 1. The number of aliphatic hydroxyl groups is 1. The lowest BCUT2D eigenvalue weighted by Crippen LogP contribution is -2.77. The summed E-state index contributed by atoms with van der Waals surface area (Å²) in [7, 11) is -0.857. The minimum absolute atomic E-state index is 0.0726. The van der Waals surface area contributed by atoms with Crippen molar-refractivity contribution in [3.63, 3.8) is 0 Å². The van der Waals surface area contributed by atoms with E-state index < -0.39 is 25.8 Å². The van der Waals surface area contributed by atoms with Gasteiger partial charge in [-0.3, -0.25) is 19.1 Å². The SMILES string of the molecule is C=CCN1CC(=O)N2C(Cc3ccc(OP(C)(C)=O)cc3)C(O)N(Cc3cccc4c(C(=O)CCC)cn(C)c34)CC2N1C(=O)NCc1ccccc1. The van der Waals surface area contributed by atoms with E-state index in [2.05, 4.69) is 11.9 Å². The largest absolute Gasteiger partial charge is 0.443 e.